The standard InChI is InChI=1S/C25H33N5O/c1-19(2)24-22(25(29(3)28-24)30-13-15-31-16-14-30)18-27-23-17-21(11-12-26-23)10-9-20-7-5-4-6-8-20/h4-8,11-12,17,19H,9-10,13-16,18H2,1-3H3,(H,26,27). The summed E-state index contributed by atoms with van der Waals surface area (Å²) in [5, 5.41) is 8.42. The summed E-state index contributed by atoms with van der Waals surface area (Å²) in [4.78, 5) is 6.95. The number of nitrogens with one attached hydrogen (secondary N) is 1. The first-order valence-corrected chi connectivity index (χ1v) is 11.2. The quantitative estimate of drug-likeness (QED) is 0.594. The molecule has 1 aliphatic rings. The summed E-state index contributed by atoms with van der Waals surface area (Å²) in [6.07, 6.45) is 3.94. The molecule has 164 valence electrons. The lowest BCUT2D eigenvalue weighted by Gasteiger charge is -2.29. The van der Waals surface area contributed by atoms with Gasteiger partial charge in [-0.25, -0.2) is 4.98 Å². The summed E-state index contributed by atoms with van der Waals surface area (Å²) in [7, 11) is 2.04. The van der Waals surface area contributed by atoms with Crippen molar-refractivity contribution < 1.29 is 4.74 Å². The Morgan fingerprint density at radius 3 is 2.52 bits per heavy atom. The van der Waals surface area contributed by atoms with E-state index in [2.05, 4.69) is 71.5 Å². The van der Waals surface area contributed by atoms with E-state index >= 15 is 0 Å². The van der Waals surface area contributed by atoms with Crippen LogP contribution >= 0.6 is 0 Å². The van der Waals surface area contributed by atoms with Crippen molar-refractivity contribution >= 4 is 11.6 Å². The van der Waals surface area contributed by atoms with Gasteiger partial charge in [0.1, 0.15) is 11.6 Å². The second-order valence-electron chi connectivity index (χ2n) is 8.45. The Morgan fingerprint density at radius 2 is 1.77 bits per heavy atom. The number of morpholine rings is 1. The van der Waals surface area contributed by atoms with Crippen LogP contribution in [0, 0.1) is 0 Å². The molecular weight excluding hydrogens is 386 g/mol. The van der Waals surface area contributed by atoms with Gasteiger partial charge in [-0.3, -0.25) is 4.68 Å². The molecule has 1 saturated heterocycles. The minimum absolute atomic E-state index is 0.364. The molecule has 0 unspecified atom stereocenters. The third kappa shape index (κ3) is 5.25. The third-order valence-electron chi connectivity index (χ3n) is 5.82. The van der Waals surface area contributed by atoms with Crippen LogP contribution in [0.2, 0.25) is 0 Å². The zero-order valence-electron chi connectivity index (χ0n) is 18.8. The average Bonchev–Trinajstić information content (AvgIpc) is 3.14. The highest BCUT2D eigenvalue weighted by atomic mass is 16.5. The van der Waals surface area contributed by atoms with Crippen LogP contribution in [0.25, 0.3) is 0 Å². The molecule has 1 N–H and O–H groups in total. The van der Waals surface area contributed by atoms with Crippen molar-refractivity contribution in [2.75, 3.05) is 36.5 Å². The molecule has 4 rings (SSSR count). The normalized spacial score (nSPS) is 14.3. The minimum Gasteiger partial charge on any atom is -0.378 e. The molecule has 3 heterocycles. The van der Waals surface area contributed by atoms with Crippen LogP contribution in [0.3, 0.4) is 0 Å². The van der Waals surface area contributed by atoms with Crippen LogP contribution in [-0.4, -0.2) is 41.1 Å². The number of pyridine rings is 1. The van der Waals surface area contributed by atoms with Crippen LogP contribution in [0.1, 0.15) is 42.1 Å². The Morgan fingerprint density at radius 1 is 1.03 bits per heavy atom. The topological polar surface area (TPSA) is 55.2 Å². The van der Waals surface area contributed by atoms with Crippen LogP contribution in [0.5, 0.6) is 0 Å². The van der Waals surface area contributed by atoms with Crippen LogP contribution in [-0.2, 0) is 31.2 Å². The van der Waals surface area contributed by atoms with Crippen molar-refractivity contribution in [1.29, 1.82) is 0 Å². The summed E-state index contributed by atoms with van der Waals surface area (Å²) in [5.41, 5.74) is 5.07. The van der Waals surface area contributed by atoms with Crippen molar-refractivity contribution in [3.05, 3.63) is 71.0 Å². The van der Waals surface area contributed by atoms with Crippen molar-refractivity contribution in [2.24, 2.45) is 7.05 Å². The van der Waals surface area contributed by atoms with E-state index in [0.717, 1.165) is 50.7 Å². The average molecular weight is 420 g/mol. The number of anilines is 2. The molecule has 1 aliphatic heterocycles. The molecule has 6 nitrogen and oxygen atoms in total. The Bertz CT molecular complexity index is 977. The summed E-state index contributed by atoms with van der Waals surface area (Å²) >= 11 is 0. The zero-order valence-corrected chi connectivity index (χ0v) is 18.8. The van der Waals surface area contributed by atoms with Gasteiger partial charge < -0.3 is 15.0 Å². The highest BCUT2D eigenvalue weighted by molar-refractivity contribution is 5.53. The van der Waals surface area contributed by atoms with E-state index in [9.17, 15) is 0 Å². The molecule has 3 aromatic rings. The van der Waals surface area contributed by atoms with E-state index in [1.165, 1.54) is 22.5 Å². The predicted molar refractivity (Wildman–Crippen MR) is 126 cm³/mol. The van der Waals surface area contributed by atoms with E-state index in [1.54, 1.807) is 0 Å². The van der Waals surface area contributed by atoms with Crippen LogP contribution in [0.15, 0.2) is 48.7 Å². The van der Waals surface area contributed by atoms with E-state index in [-0.39, 0.29) is 0 Å². The van der Waals surface area contributed by atoms with Crippen molar-refractivity contribution in [3.63, 3.8) is 0 Å². The van der Waals surface area contributed by atoms with Gasteiger partial charge in [-0.05, 0) is 42.0 Å². The predicted octanol–water partition coefficient (Wildman–Crippen LogP) is 4.17. The Balaban J connectivity index is 1.48. The lowest BCUT2D eigenvalue weighted by molar-refractivity contribution is 0.122. The zero-order chi connectivity index (χ0) is 21.6. The fourth-order valence-corrected chi connectivity index (χ4v) is 4.22. The number of ether oxygens (including phenoxy) is 1. The molecule has 0 saturated carbocycles. The van der Waals surface area contributed by atoms with E-state index in [0.29, 0.717) is 12.5 Å². The monoisotopic (exact) mass is 419 g/mol. The van der Waals surface area contributed by atoms with Crippen molar-refractivity contribution in [1.82, 2.24) is 14.8 Å². The third-order valence-corrected chi connectivity index (χ3v) is 5.82. The first kappa shape index (κ1) is 21.4. The van der Waals surface area contributed by atoms with Crippen molar-refractivity contribution in [3.8, 4) is 0 Å². The summed E-state index contributed by atoms with van der Waals surface area (Å²) in [6, 6.07) is 14.9. The smallest absolute Gasteiger partial charge is 0.132 e. The second kappa shape index (κ2) is 9.96. The maximum absolute atomic E-state index is 5.56. The summed E-state index contributed by atoms with van der Waals surface area (Å²) in [5.74, 6) is 2.47. The van der Waals surface area contributed by atoms with E-state index in [1.807, 2.05) is 17.9 Å². The Labute approximate surface area is 185 Å². The first-order chi connectivity index (χ1) is 15.1. The largest absolute Gasteiger partial charge is 0.378 e. The highest BCUT2D eigenvalue weighted by Gasteiger charge is 2.24. The molecule has 2 aromatic heterocycles. The highest BCUT2D eigenvalue weighted by Crippen LogP contribution is 2.29. The van der Waals surface area contributed by atoms with Gasteiger partial charge in [0.25, 0.3) is 0 Å². The van der Waals surface area contributed by atoms with Gasteiger partial charge in [-0.2, -0.15) is 5.10 Å². The van der Waals surface area contributed by atoms with Gasteiger partial charge in [-0.1, -0.05) is 44.2 Å². The fourth-order valence-electron chi connectivity index (χ4n) is 4.22. The molecule has 0 radical (unpaired) electrons. The number of rotatable bonds is 8. The van der Waals surface area contributed by atoms with Gasteiger partial charge in [0.05, 0.1) is 18.9 Å². The molecular formula is C25H33N5O. The lowest BCUT2D eigenvalue weighted by atomic mass is 10.0. The number of hydrogen-bond donors (Lipinski definition) is 1. The number of nitrogens with zero attached hydrogens (tertiary/aromatic N) is 4. The molecule has 1 aromatic carbocycles. The summed E-state index contributed by atoms with van der Waals surface area (Å²) < 4.78 is 7.58. The van der Waals surface area contributed by atoms with Gasteiger partial charge in [0, 0.05) is 38.4 Å². The minimum atomic E-state index is 0.364. The number of hydrogen-bond acceptors (Lipinski definition) is 5. The maximum atomic E-state index is 5.56. The number of aromatic nitrogens is 3. The summed E-state index contributed by atoms with van der Waals surface area (Å²) in [6.45, 7) is 8.45. The number of aryl methyl sites for hydroxylation is 3. The lowest BCUT2D eigenvalue weighted by Crippen LogP contribution is -2.38. The van der Waals surface area contributed by atoms with Crippen LogP contribution < -0.4 is 10.2 Å². The molecule has 6 heteroatoms. The molecule has 0 spiro atoms. The molecule has 1 fully saturated rings. The molecule has 0 aliphatic carbocycles. The first-order valence-electron chi connectivity index (χ1n) is 11.2. The van der Waals surface area contributed by atoms with Crippen molar-refractivity contribution in [2.45, 2.75) is 39.2 Å². The van der Waals surface area contributed by atoms with Crippen LogP contribution in [0.4, 0.5) is 11.6 Å². The molecule has 0 bridgehead atoms. The molecule has 31 heavy (non-hydrogen) atoms. The second-order valence-corrected chi connectivity index (χ2v) is 8.45. The molecule has 0 amide bonds. The Hall–Kier alpha value is -2.86. The van der Waals surface area contributed by atoms with E-state index in [4.69, 9.17) is 9.84 Å². The number of benzene rings is 1. The van der Waals surface area contributed by atoms with Gasteiger partial charge in [0.15, 0.2) is 0 Å². The fraction of sp³-hybridized carbons (Fsp3) is 0.440. The van der Waals surface area contributed by atoms with Gasteiger partial charge >= 0.3 is 0 Å². The van der Waals surface area contributed by atoms with Gasteiger partial charge in [-0.15, -0.1) is 0 Å². The van der Waals surface area contributed by atoms with E-state index < -0.39 is 0 Å². The molecule has 0 atom stereocenters. The van der Waals surface area contributed by atoms with Gasteiger partial charge in [0.2, 0.25) is 0 Å². The Kier molecular flexibility index (Phi) is 6.87. The maximum Gasteiger partial charge on any atom is 0.132 e. The SMILES string of the molecule is CC(C)c1nn(C)c(N2CCOCC2)c1CNc1cc(CCc2ccccc2)ccn1.